The lowest BCUT2D eigenvalue weighted by atomic mass is 10.1. The van der Waals surface area contributed by atoms with Gasteiger partial charge in [0.1, 0.15) is 0 Å². The van der Waals surface area contributed by atoms with E-state index >= 15 is 0 Å². The highest BCUT2D eigenvalue weighted by Gasteiger charge is 2.06. The number of unbranched alkanes of at least 4 members (excludes halogenated alkanes) is 10. The molecule has 7 heteroatoms. The van der Waals surface area contributed by atoms with Crippen molar-refractivity contribution in [1.29, 1.82) is 0 Å². The van der Waals surface area contributed by atoms with Crippen molar-refractivity contribution >= 4 is 24.5 Å². The molecule has 0 aliphatic rings. The number of hydrogen-bond donors (Lipinski definition) is 2. The maximum absolute atomic E-state index is 10.8. The molecule has 0 amide bonds. The van der Waals surface area contributed by atoms with Gasteiger partial charge in [-0.3, -0.25) is 0 Å². The minimum Gasteiger partial charge on any atom is -0.463 e. The van der Waals surface area contributed by atoms with Crippen LogP contribution in [0.5, 0.6) is 0 Å². The summed E-state index contributed by atoms with van der Waals surface area (Å²) in [6, 6.07) is 0. The maximum atomic E-state index is 10.8. The fourth-order valence-corrected chi connectivity index (χ4v) is 2.80. The molecule has 2 N–H and O–H groups in total. The second-order valence-corrected chi connectivity index (χ2v) is 8.25. The Morgan fingerprint density at radius 1 is 0.870 bits per heavy atom. The topological polar surface area (TPSA) is 76.0 Å². The average Bonchev–Trinajstić information content (AvgIpc) is 2.49. The number of hydrogen-bond acceptors (Lipinski definition) is 4. The van der Waals surface area contributed by atoms with Crippen LogP contribution in [-0.4, -0.2) is 29.0 Å². The second kappa shape index (κ2) is 15.3. The molecule has 0 aromatic rings. The Morgan fingerprint density at radius 3 is 1.65 bits per heavy atom. The first-order valence-corrected chi connectivity index (χ1v) is 11.1. The molecule has 0 saturated carbocycles. The van der Waals surface area contributed by atoms with E-state index in [0.29, 0.717) is 13.2 Å². The number of esters is 1. The normalized spacial score (nSPS) is 11.4. The smallest absolute Gasteiger partial charge is 0.330 e. The van der Waals surface area contributed by atoms with E-state index in [1.807, 2.05) is 0 Å². The SMILES string of the molecule is C=CC(=O)OCCCCCCCCCCCCCOP(O)(O)=S. The van der Waals surface area contributed by atoms with Gasteiger partial charge < -0.3 is 19.0 Å². The van der Waals surface area contributed by atoms with Crippen LogP contribution in [-0.2, 0) is 25.9 Å². The number of carbonyl (C=O) groups excluding carboxylic acids is 1. The van der Waals surface area contributed by atoms with Gasteiger partial charge in [-0.1, -0.05) is 64.4 Å². The predicted molar refractivity (Wildman–Crippen MR) is 96.6 cm³/mol. The quantitative estimate of drug-likeness (QED) is 0.184. The summed E-state index contributed by atoms with van der Waals surface area (Å²) >= 11 is 4.37. The molecule has 0 aromatic carbocycles. The van der Waals surface area contributed by atoms with Crippen molar-refractivity contribution in [2.75, 3.05) is 13.2 Å². The van der Waals surface area contributed by atoms with Crippen LogP contribution in [0.3, 0.4) is 0 Å². The van der Waals surface area contributed by atoms with E-state index in [2.05, 4.69) is 18.4 Å². The molecule has 0 atom stereocenters. The van der Waals surface area contributed by atoms with Crippen LogP contribution >= 0.6 is 6.72 Å². The Kier molecular flexibility index (Phi) is 15.1. The molecule has 0 saturated heterocycles. The molecule has 136 valence electrons. The standard InChI is InChI=1S/C16H31O5PS/c1-2-16(17)20-14-12-10-8-6-4-3-5-7-9-11-13-15-21-22(18,19)23/h2H,1,3-15H2,(H2,18,19,23). The third-order valence-corrected chi connectivity index (χ3v) is 4.29. The highest BCUT2D eigenvalue weighted by Crippen LogP contribution is 2.36. The van der Waals surface area contributed by atoms with Crippen LogP contribution < -0.4 is 0 Å². The van der Waals surface area contributed by atoms with Gasteiger partial charge in [-0.2, -0.15) is 0 Å². The molecule has 0 aliphatic carbocycles. The molecule has 0 heterocycles. The number of rotatable bonds is 16. The van der Waals surface area contributed by atoms with E-state index in [1.165, 1.54) is 44.6 Å². The van der Waals surface area contributed by atoms with Crippen LogP contribution in [0.25, 0.3) is 0 Å². The first-order chi connectivity index (χ1) is 11.0. The first-order valence-electron chi connectivity index (χ1n) is 8.45. The van der Waals surface area contributed by atoms with Gasteiger partial charge >= 0.3 is 12.7 Å². The maximum Gasteiger partial charge on any atom is 0.330 e. The monoisotopic (exact) mass is 366 g/mol. The zero-order chi connectivity index (χ0) is 17.4. The summed E-state index contributed by atoms with van der Waals surface area (Å²) < 4.78 is 9.67. The molecule has 0 radical (unpaired) electrons. The number of carbonyl (C=O) groups is 1. The van der Waals surface area contributed by atoms with Crippen molar-refractivity contribution in [3.63, 3.8) is 0 Å². The molecular formula is C16H31O5PS. The van der Waals surface area contributed by atoms with E-state index in [-0.39, 0.29) is 5.97 Å². The molecule has 5 nitrogen and oxygen atoms in total. The van der Waals surface area contributed by atoms with Crippen molar-refractivity contribution in [3.05, 3.63) is 12.7 Å². The molecule has 0 bridgehead atoms. The third kappa shape index (κ3) is 19.7. The summed E-state index contributed by atoms with van der Waals surface area (Å²) in [5, 5.41) is 0. The summed E-state index contributed by atoms with van der Waals surface area (Å²) in [4.78, 5) is 28.6. The summed E-state index contributed by atoms with van der Waals surface area (Å²) in [5.74, 6) is -0.339. The Morgan fingerprint density at radius 2 is 1.26 bits per heavy atom. The van der Waals surface area contributed by atoms with Crippen molar-refractivity contribution < 1.29 is 23.8 Å². The molecule has 0 rings (SSSR count). The Hall–Kier alpha value is -0.260. The fraction of sp³-hybridized carbons (Fsp3) is 0.812. The van der Waals surface area contributed by atoms with Crippen molar-refractivity contribution in [2.45, 2.75) is 70.6 Å². The lowest BCUT2D eigenvalue weighted by molar-refractivity contribution is -0.137. The summed E-state index contributed by atoms with van der Waals surface area (Å²) in [5.41, 5.74) is 0. The first kappa shape index (κ1) is 22.7. The molecule has 0 aliphatic heterocycles. The van der Waals surface area contributed by atoms with Crippen LogP contribution in [0.2, 0.25) is 0 Å². The molecule has 0 spiro atoms. The molecule has 0 aromatic heterocycles. The van der Waals surface area contributed by atoms with Crippen LogP contribution in [0.4, 0.5) is 0 Å². The van der Waals surface area contributed by atoms with Gasteiger partial charge in [0.05, 0.1) is 13.2 Å². The highest BCUT2D eigenvalue weighted by molar-refractivity contribution is 8.06. The van der Waals surface area contributed by atoms with E-state index < -0.39 is 6.72 Å². The number of ether oxygens (including phenoxy) is 1. The van der Waals surface area contributed by atoms with E-state index in [1.54, 1.807) is 0 Å². The van der Waals surface area contributed by atoms with E-state index in [0.717, 1.165) is 32.1 Å². The van der Waals surface area contributed by atoms with Crippen molar-refractivity contribution in [1.82, 2.24) is 0 Å². The van der Waals surface area contributed by atoms with Crippen molar-refractivity contribution in [3.8, 4) is 0 Å². The molecule has 0 fully saturated rings. The van der Waals surface area contributed by atoms with E-state index in [4.69, 9.17) is 19.0 Å². The van der Waals surface area contributed by atoms with Gasteiger partial charge in [0, 0.05) is 6.08 Å². The fourth-order valence-electron chi connectivity index (χ4n) is 2.21. The Bertz CT molecular complexity index is 356. The minimum atomic E-state index is -3.45. The van der Waals surface area contributed by atoms with Gasteiger partial charge in [0.2, 0.25) is 0 Å². The van der Waals surface area contributed by atoms with Gasteiger partial charge in [-0.15, -0.1) is 0 Å². The Labute approximate surface area is 145 Å². The third-order valence-electron chi connectivity index (χ3n) is 3.46. The van der Waals surface area contributed by atoms with Gasteiger partial charge in [-0.05, 0) is 24.6 Å². The van der Waals surface area contributed by atoms with Gasteiger partial charge in [0.25, 0.3) is 0 Å². The highest BCUT2D eigenvalue weighted by atomic mass is 32.5. The summed E-state index contributed by atoms with van der Waals surface area (Å²) in [7, 11) is 0. The zero-order valence-corrected chi connectivity index (χ0v) is 15.7. The van der Waals surface area contributed by atoms with Crippen LogP contribution in [0.15, 0.2) is 12.7 Å². The lowest BCUT2D eigenvalue weighted by Gasteiger charge is -2.07. The molecule has 0 unspecified atom stereocenters. The van der Waals surface area contributed by atoms with Crippen LogP contribution in [0.1, 0.15) is 70.6 Å². The second-order valence-electron chi connectivity index (χ2n) is 5.58. The lowest BCUT2D eigenvalue weighted by Crippen LogP contribution is -2.01. The summed E-state index contributed by atoms with van der Waals surface area (Å²) in [6.07, 6.45) is 13.7. The molecular weight excluding hydrogens is 335 g/mol. The van der Waals surface area contributed by atoms with Crippen LogP contribution in [0, 0.1) is 0 Å². The van der Waals surface area contributed by atoms with Gasteiger partial charge in [-0.25, -0.2) is 4.79 Å². The van der Waals surface area contributed by atoms with Gasteiger partial charge in [0.15, 0.2) is 0 Å². The minimum absolute atomic E-state index is 0.339. The van der Waals surface area contributed by atoms with E-state index in [9.17, 15) is 4.79 Å². The largest absolute Gasteiger partial charge is 0.463 e. The Balaban J connectivity index is 3.09. The zero-order valence-electron chi connectivity index (χ0n) is 14.0. The predicted octanol–water partition coefficient (Wildman–Crippen LogP) is 4.23. The molecule has 23 heavy (non-hydrogen) atoms. The summed E-state index contributed by atoms with van der Waals surface area (Å²) in [6.45, 7) is 0.734. The van der Waals surface area contributed by atoms with Crippen molar-refractivity contribution in [2.24, 2.45) is 0 Å². The average molecular weight is 366 g/mol.